The van der Waals surface area contributed by atoms with Gasteiger partial charge in [-0.2, -0.15) is 10.5 Å². The van der Waals surface area contributed by atoms with E-state index >= 15 is 0 Å². The van der Waals surface area contributed by atoms with Crippen molar-refractivity contribution in [3.05, 3.63) is 252 Å². The summed E-state index contributed by atoms with van der Waals surface area (Å²) in [6.45, 7) is 0. The standard InChI is InChI=1S/C65H36N4/c66-37-39-17-19-43-33-45(23-21-41(43)31-39)47-25-28-55-53(35-47)54-36-48(46-24-22-42-32-40(38-67)18-20-44(42)34-46)26-29-56(54)65(55)57-13-5-7-16-60(57)69-63-50(12-8-14-58(63)65)51-27-30-61-62(64(51)69)52-11-4-6-15-59(52)68(61)49-9-2-1-3-10-49/h1-36H. The van der Waals surface area contributed by atoms with Gasteiger partial charge in [0.25, 0.3) is 0 Å². The van der Waals surface area contributed by atoms with Gasteiger partial charge in [-0.1, -0.05) is 140 Å². The average molecular weight is 873 g/mol. The van der Waals surface area contributed by atoms with Crippen molar-refractivity contribution >= 4 is 65.2 Å². The van der Waals surface area contributed by atoms with Crippen molar-refractivity contribution in [2.45, 2.75) is 5.41 Å². The Balaban J connectivity index is 1.03. The van der Waals surface area contributed by atoms with Crippen molar-refractivity contribution in [3.8, 4) is 56.9 Å². The molecule has 2 aliphatic rings. The van der Waals surface area contributed by atoms with E-state index in [0.717, 1.165) is 49.5 Å². The number of nitrogens with zero attached hydrogens (tertiary/aromatic N) is 4. The maximum Gasteiger partial charge on any atom is 0.0991 e. The van der Waals surface area contributed by atoms with Crippen molar-refractivity contribution in [2.24, 2.45) is 0 Å². The van der Waals surface area contributed by atoms with Crippen LogP contribution < -0.4 is 0 Å². The highest BCUT2D eigenvalue weighted by molar-refractivity contribution is 6.27. The van der Waals surface area contributed by atoms with Gasteiger partial charge in [-0.15, -0.1) is 0 Å². The summed E-state index contributed by atoms with van der Waals surface area (Å²) >= 11 is 0. The molecule has 0 fully saturated rings. The van der Waals surface area contributed by atoms with E-state index in [1.165, 1.54) is 82.7 Å². The fraction of sp³-hybridized carbons (Fsp3) is 0.0154. The lowest BCUT2D eigenvalue weighted by atomic mass is 9.65. The molecule has 4 heteroatoms. The first-order valence-electron chi connectivity index (χ1n) is 23.4. The Morgan fingerprint density at radius 2 is 0.884 bits per heavy atom. The van der Waals surface area contributed by atoms with Gasteiger partial charge in [-0.25, -0.2) is 0 Å². The summed E-state index contributed by atoms with van der Waals surface area (Å²) in [4.78, 5) is 0. The van der Waals surface area contributed by atoms with E-state index < -0.39 is 5.41 Å². The van der Waals surface area contributed by atoms with E-state index in [0.29, 0.717) is 11.1 Å². The quantitative estimate of drug-likeness (QED) is 0.178. The predicted molar refractivity (Wildman–Crippen MR) is 281 cm³/mol. The van der Waals surface area contributed by atoms with E-state index in [1.807, 2.05) is 24.3 Å². The molecule has 0 N–H and O–H groups in total. The average Bonchev–Trinajstić information content (AvgIpc) is 4.04. The minimum absolute atomic E-state index is 0.631. The highest BCUT2D eigenvalue weighted by Crippen LogP contribution is 2.62. The van der Waals surface area contributed by atoms with Gasteiger partial charge in [0.15, 0.2) is 0 Å². The first-order chi connectivity index (χ1) is 34.1. The summed E-state index contributed by atoms with van der Waals surface area (Å²) in [6.07, 6.45) is 0. The number of fused-ring (bicyclic) bond motifs is 18. The first kappa shape index (κ1) is 37.7. The van der Waals surface area contributed by atoms with Gasteiger partial charge in [0.05, 0.1) is 56.4 Å². The Labute approximate surface area is 397 Å². The zero-order chi connectivity index (χ0) is 45.5. The molecule has 69 heavy (non-hydrogen) atoms. The lowest BCUT2D eigenvalue weighted by Crippen LogP contribution is -2.33. The summed E-state index contributed by atoms with van der Waals surface area (Å²) in [5, 5.41) is 28.5. The number of aromatic nitrogens is 2. The first-order valence-corrected chi connectivity index (χ1v) is 23.4. The molecular weight excluding hydrogens is 837 g/mol. The van der Waals surface area contributed by atoms with Crippen molar-refractivity contribution in [3.63, 3.8) is 0 Å². The van der Waals surface area contributed by atoms with E-state index in [9.17, 15) is 10.5 Å². The monoisotopic (exact) mass is 872 g/mol. The summed E-state index contributed by atoms with van der Waals surface area (Å²) in [6, 6.07) is 84.2. The van der Waals surface area contributed by atoms with Crippen LogP contribution in [0.3, 0.4) is 0 Å². The van der Waals surface area contributed by atoms with Crippen molar-refractivity contribution in [1.29, 1.82) is 10.5 Å². The van der Waals surface area contributed by atoms with Crippen molar-refractivity contribution < 1.29 is 0 Å². The van der Waals surface area contributed by atoms with E-state index in [-0.39, 0.29) is 0 Å². The minimum atomic E-state index is -0.631. The Morgan fingerprint density at radius 1 is 0.348 bits per heavy atom. The molecule has 11 aromatic carbocycles. The molecule has 0 saturated heterocycles. The number of rotatable bonds is 3. The lowest BCUT2D eigenvalue weighted by Gasteiger charge is -2.39. The highest BCUT2D eigenvalue weighted by Gasteiger charge is 2.51. The molecule has 0 bridgehead atoms. The van der Waals surface area contributed by atoms with Crippen LogP contribution in [0.2, 0.25) is 0 Å². The Morgan fingerprint density at radius 3 is 1.57 bits per heavy atom. The molecule has 1 aliphatic carbocycles. The normalized spacial score (nSPS) is 13.0. The molecule has 0 radical (unpaired) electrons. The summed E-state index contributed by atoms with van der Waals surface area (Å²) in [5.41, 5.74) is 19.9. The fourth-order valence-corrected chi connectivity index (χ4v) is 12.4. The second kappa shape index (κ2) is 13.8. The molecule has 316 valence electrons. The van der Waals surface area contributed by atoms with Crippen LogP contribution in [0, 0.1) is 22.7 Å². The zero-order valence-electron chi connectivity index (χ0n) is 37.1. The van der Waals surface area contributed by atoms with Crippen LogP contribution in [0.15, 0.2) is 218 Å². The predicted octanol–water partition coefficient (Wildman–Crippen LogP) is 15.9. The fourth-order valence-electron chi connectivity index (χ4n) is 12.4. The van der Waals surface area contributed by atoms with Crippen LogP contribution in [0.4, 0.5) is 0 Å². The highest BCUT2D eigenvalue weighted by atomic mass is 15.0. The Bertz CT molecular complexity index is 4370. The number of para-hydroxylation sites is 4. The summed E-state index contributed by atoms with van der Waals surface area (Å²) in [5.74, 6) is 0. The third-order valence-electron chi connectivity index (χ3n) is 15.3. The molecule has 0 amide bonds. The topological polar surface area (TPSA) is 57.4 Å². The smallest absolute Gasteiger partial charge is 0.0991 e. The van der Waals surface area contributed by atoms with Gasteiger partial charge in [0.2, 0.25) is 0 Å². The van der Waals surface area contributed by atoms with Gasteiger partial charge in [-0.05, 0) is 156 Å². The largest absolute Gasteiger partial charge is 0.309 e. The molecular formula is C65H36N4. The van der Waals surface area contributed by atoms with Gasteiger partial charge in [-0.3, -0.25) is 0 Å². The van der Waals surface area contributed by atoms with Crippen molar-refractivity contribution in [2.75, 3.05) is 0 Å². The van der Waals surface area contributed by atoms with Crippen molar-refractivity contribution in [1.82, 2.24) is 9.13 Å². The van der Waals surface area contributed by atoms with Gasteiger partial charge in [0, 0.05) is 27.2 Å². The molecule has 0 unspecified atom stereocenters. The summed E-state index contributed by atoms with van der Waals surface area (Å²) < 4.78 is 5.01. The van der Waals surface area contributed by atoms with Crippen LogP contribution in [-0.4, -0.2) is 9.13 Å². The molecule has 3 heterocycles. The molecule has 2 aromatic heterocycles. The SMILES string of the molecule is N#Cc1ccc2cc(-c3ccc4c(c3)-c3cc(-c5ccc6cc(C#N)ccc6c5)ccc3C43c4ccccc4-n4c5c3cccc5c3ccc5c(c6ccccc6n5-c5ccccc5)c34)ccc2c1. The molecule has 0 atom stereocenters. The molecule has 1 spiro atoms. The second-order valence-electron chi connectivity index (χ2n) is 18.6. The number of hydrogen-bond acceptors (Lipinski definition) is 2. The molecule has 15 rings (SSSR count). The van der Waals surface area contributed by atoms with Crippen LogP contribution in [-0.2, 0) is 5.41 Å². The number of hydrogen-bond donors (Lipinski definition) is 0. The molecule has 0 saturated carbocycles. The third kappa shape index (κ3) is 4.99. The third-order valence-corrected chi connectivity index (χ3v) is 15.3. The van der Waals surface area contributed by atoms with E-state index in [4.69, 9.17) is 0 Å². The minimum Gasteiger partial charge on any atom is -0.309 e. The molecule has 13 aromatic rings. The molecule has 1 aliphatic heterocycles. The van der Waals surface area contributed by atoms with E-state index in [2.05, 4.69) is 215 Å². The summed E-state index contributed by atoms with van der Waals surface area (Å²) in [7, 11) is 0. The van der Waals surface area contributed by atoms with Crippen LogP contribution in [0.5, 0.6) is 0 Å². The number of benzene rings is 11. The number of nitriles is 2. The molecule has 4 nitrogen and oxygen atoms in total. The Hall–Kier alpha value is -9.48. The lowest BCUT2D eigenvalue weighted by molar-refractivity contribution is 0.749. The Kier molecular flexibility index (Phi) is 7.53. The van der Waals surface area contributed by atoms with Gasteiger partial charge in [0.1, 0.15) is 0 Å². The van der Waals surface area contributed by atoms with Crippen LogP contribution in [0.25, 0.3) is 110 Å². The van der Waals surface area contributed by atoms with E-state index in [1.54, 1.807) is 0 Å². The maximum absolute atomic E-state index is 9.62. The maximum atomic E-state index is 9.62. The van der Waals surface area contributed by atoms with Gasteiger partial charge < -0.3 is 9.13 Å². The van der Waals surface area contributed by atoms with Gasteiger partial charge >= 0.3 is 0 Å². The zero-order valence-corrected chi connectivity index (χ0v) is 37.1. The second-order valence-corrected chi connectivity index (χ2v) is 18.6. The van der Waals surface area contributed by atoms with Crippen LogP contribution in [0.1, 0.15) is 33.4 Å². The van der Waals surface area contributed by atoms with Crippen LogP contribution >= 0.6 is 0 Å².